The highest BCUT2D eigenvalue weighted by molar-refractivity contribution is 7.89. The van der Waals surface area contributed by atoms with E-state index >= 15 is 0 Å². The van der Waals surface area contributed by atoms with Gasteiger partial charge in [-0.2, -0.15) is 13.2 Å². The van der Waals surface area contributed by atoms with Crippen LogP contribution in [-0.4, -0.2) is 46.8 Å². The SMILES string of the molecule is O=S(=O)(N[C@H]1[C@H](O)[C@H](O)C[C@@H]1c1cncnc1)c1ccc(C(F)(F)F)cc1. The van der Waals surface area contributed by atoms with Gasteiger partial charge in [0, 0.05) is 18.3 Å². The van der Waals surface area contributed by atoms with Crippen LogP contribution in [0.5, 0.6) is 0 Å². The predicted octanol–water partition coefficient (Wildman–Crippen LogP) is 1.05. The first-order chi connectivity index (χ1) is 12.6. The minimum atomic E-state index is -4.58. The van der Waals surface area contributed by atoms with E-state index < -0.39 is 45.9 Å². The van der Waals surface area contributed by atoms with E-state index in [-0.39, 0.29) is 11.3 Å². The molecular weight excluding hydrogens is 387 g/mol. The van der Waals surface area contributed by atoms with Gasteiger partial charge in [-0.25, -0.2) is 23.1 Å². The Labute approximate surface area is 153 Å². The molecule has 0 amide bonds. The first-order valence-corrected chi connectivity index (χ1v) is 9.38. The lowest BCUT2D eigenvalue weighted by Crippen LogP contribution is -2.45. The number of aliphatic hydroxyl groups excluding tert-OH is 2. The Bertz CT molecular complexity index is 891. The summed E-state index contributed by atoms with van der Waals surface area (Å²) < 4.78 is 65.3. The zero-order chi connectivity index (χ0) is 19.8. The van der Waals surface area contributed by atoms with E-state index in [9.17, 15) is 31.8 Å². The fourth-order valence-electron chi connectivity index (χ4n) is 3.09. The van der Waals surface area contributed by atoms with Gasteiger partial charge < -0.3 is 10.2 Å². The molecule has 11 heteroatoms. The number of nitrogens with zero attached hydrogens (tertiary/aromatic N) is 2. The quantitative estimate of drug-likeness (QED) is 0.704. The number of hydrogen-bond acceptors (Lipinski definition) is 6. The van der Waals surface area contributed by atoms with E-state index in [0.717, 1.165) is 12.1 Å². The van der Waals surface area contributed by atoms with Crippen LogP contribution in [0.2, 0.25) is 0 Å². The van der Waals surface area contributed by atoms with Crippen molar-refractivity contribution in [3.05, 3.63) is 54.1 Å². The molecule has 0 saturated heterocycles. The molecule has 0 aliphatic heterocycles. The van der Waals surface area contributed by atoms with Gasteiger partial charge >= 0.3 is 6.18 Å². The number of hydrogen-bond donors (Lipinski definition) is 3. The molecule has 1 aliphatic rings. The number of aliphatic hydroxyl groups is 2. The normalized spacial score (nSPS) is 26.3. The van der Waals surface area contributed by atoms with Crippen molar-refractivity contribution in [1.82, 2.24) is 14.7 Å². The standard InChI is InChI=1S/C16H16F3N3O4S/c17-16(18,19)10-1-3-11(4-2-10)27(25,26)22-14-12(5-13(23)15(14)24)9-6-20-8-21-7-9/h1-4,6-8,12-15,22-24H,5H2/t12-,13-,14-,15-/m1/s1. The average molecular weight is 403 g/mol. The highest BCUT2D eigenvalue weighted by Gasteiger charge is 2.44. The number of aromatic nitrogens is 2. The maximum atomic E-state index is 12.6. The number of nitrogens with one attached hydrogen (secondary N) is 1. The van der Waals surface area contributed by atoms with Crippen molar-refractivity contribution in [2.45, 2.75) is 41.7 Å². The third-order valence-corrected chi connectivity index (χ3v) is 5.96. The Morgan fingerprint density at radius 1 is 1.07 bits per heavy atom. The molecule has 0 bridgehead atoms. The fraction of sp³-hybridized carbons (Fsp3) is 0.375. The molecule has 3 rings (SSSR count). The summed E-state index contributed by atoms with van der Waals surface area (Å²) >= 11 is 0. The summed E-state index contributed by atoms with van der Waals surface area (Å²) in [6.07, 6.45) is -2.89. The molecule has 1 aromatic heterocycles. The molecule has 146 valence electrons. The van der Waals surface area contributed by atoms with Gasteiger partial charge in [-0.15, -0.1) is 0 Å². The molecule has 7 nitrogen and oxygen atoms in total. The molecule has 4 atom stereocenters. The van der Waals surface area contributed by atoms with Crippen LogP contribution in [0.15, 0.2) is 47.9 Å². The van der Waals surface area contributed by atoms with E-state index in [2.05, 4.69) is 14.7 Å². The van der Waals surface area contributed by atoms with Gasteiger partial charge in [0.15, 0.2) is 0 Å². The minimum Gasteiger partial charge on any atom is -0.390 e. The highest BCUT2D eigenvalue weighted by atomic mass is 32.2. The van der Waals surface area contributed by atoms with Crippen LogP contribution < -0.4 is 4.72 Å². The molecule has 1 aromatic carbocycles. The second kappa shape index (κ2) is 7.15. The van der Waals surface area contributed by atoms with Gasteiger partial charge in [0.05, 0.1) is 28.7 Å². The van der Waals surface area contributed by atoms with Crippen molar-refractivity contribution in [3.63, 3.8) is 0 Å². The maximum absolute atomic E-state index is 12.6. The van der Waals surface area contributed by atoms with Crippen LogP contribution in [0.4, 0.5) is 13.2 Å². The third-order valence-electron chi connectivity index (χ3n) is 4.48. The van der Waals surface area contributed by atoms with Crippen molar-refractivity contribution in [2.75, 3.05) is 0 Å². The van der Waals surface area contributed by atoms with Gasteiger partial charge in [0.1, 0.15) is 6.33 Å². The van der Waals surface area contributed by atoms with Crippen LogP contribution in [0.3, 0.4) is 0 Å². The number of rotatable bonds is 4. The van der Waals surface area contributed by atoms with E-state index in [1.54, 1.807) is 0 Å². The molecule has 0 unspecified atom stereocenters. The summed E-state index contributed by atoms with van der Waals surface area (Å²) in [6, 6.07) is 1.92. The van der Waals surface area contributed by atoms with Gasteiger partial charge in [0.25, 0.3) is 0 Å². The van der Waals surface area contributed by atoms with E-state index in [1.807, 2.05) is 0 Å². The summed E-state index contributed by atoms with van der Waals surface area (Å²) in [5.74, 6) is -0.597. The van der Waals surface area contributed by atoms with Crippen LogP contribution in [-0.2, 0) is 16.2 Å². The second-order valence-corrected chi connectivity index (χ2v) is 7.96. The lowest BCUT2D eigenvalue weighted by Gasteiger charge is -2.23. The summed E-state index contributed by atoms with van der Waals surface area (Å²) in [5, 5.41) is 20.1. The van der Waals surface area contributed by atoms with Crippen LogP contribution in [0.1, 0.15) is 23.5 Å². The van der Waals surface area contributed by atoms with Gasteiger partial charge in [0.2, 0.25) is 10.0 Å². The van der Waals surface area contributed by atoms with Crippen LogP contribution in [0, 0.1) is 0 Å². The first kappa shape index (κ1) is 19.7. The Kier molecular flexibility index (Phi) is 5.21. The lowest BCUT2D eigenvalue weighted by atomic mass is 9.97. The third kappa shape index (κ3) is 4.10. The largest absolute Gasteiger partial charge is 0.416 e. The molecule has 27 heavy (non-hydrogen) atoms. The summed E-state index contributed by atoms with van der Waals surface area (Å²) in [6.45, 7) is 0. The molecule has 1 fully saturated rings. The van der Waals surface area contributed by atoms with Crippen LogP contribution in [0.25, 0.3) is 0 Å². The van der Waals surface area contributed by atoms with Crippen molar-refractivity contribution in [3.8, 4) is 0 Å². The topological polar surface area (TPSA) is 112 Å². The van der Waals surface area contributed by atoms with E-state index in [0.29, 0.717) is 17.7 Å². The molecule has 1 heterocycles. The number of benzene rings is 1. The molecule has 0 radical (unpaired) electrons. The van der Waals surface area contributed by atoms with Crippen LogP contribution >= 0.6 is 0 Å². The smallest absolute Gasteiger partial charge is 0.390 e. The average Bonchev–Trinajstić information content (AvgIpc) is 2.90. The highest BCUT2D eigenvalue weighted by Crippen LogP contribution is 2.36. The van der Waals surface area contributed by atoms with E-state index in [1.165, 1.54) is 18.7 Å². The fourth-order valence-corrected chi connectivity index (χ4v) is 4.38. The number of halogens is 3. The molecular formula is C16H16F3N3O4S. The van der Waals surface area contributed by atoms with Gasteiger partial charge in [-0.05, 0) is 36.2 Å². The summed E-state index contributed by atoms with van der Waals surface area (Å²) in [5.41, 5.74) is -0.453. The monoisotopic (exact) mass is 403 g/mol. The van der Waals surface area contributed by atoms with Gasteiger partial charge in [-0.1, -0.05) is 0 Å². The predicted molar refractivity (Wildman–Crippen MR) is 87.0 cm³/mol. The van der Waals surface area contributed by atoms with Crippen molar-refractivity contribution >= 4 is 10.0 Å². The van der Waals surface area contributed by atoms with Gasteiger partial charge in [-0.3, -0.25) is 0 Å². The minimum absolute atomic E-state index is 0.0781. The molecule has 2 aromatic rings. The maximum Gasteiger partial charge on any atom is 0.416 e. The summed E-state index contributed by atoms with van der Waals surface area (Å²) in [7, 11) is -4.23. The Morgan fingerprint density at radius 2 is 1.67 bits per heavy atom. The van der Waals surface area contributed by atoms with Crippen molar-refractivity contribution in [2.24, 2.45) is 0 Å². The zero-order valence-corrected chi connectivity index (χ0v) is 14.5. The second-order valence-electron chi connectivity index (χ2n) is 6.24. The van der Waals surface area contributed by atoms with E-state index in [4.69, 9.17) is 0 Å². The molecule has 3 N–H and O–H groups in total. The first-order valence-electron chi connectivity index (χ1n) is 7.90. The Morgan fingerprint density at radius 3 is 2.22 bits per heavy atom. The van der Waals surface area contributed by atoms with Crippen molar-refractivity contribution in [1.29, 1.82) is 0 Å². The summed E-state index contributed by atoms with van der Waals surface area (Å²) in [4.78, 5) is 7.30. The Hall–Kier alpha value is -2.08. The molecule has 1 saturated carbocycles. The lowest BCUT2D eigenvalue weighted by molar-refractivity contribution is -0.137. The van der Waals surface area contributed by atoms with Crippen molar-refractivity contribution < 1.29 is 31.8 Å². The zero-order valence-electron chi connectivity index (χ0n) is 13.7. The number of alkyl halides is 3. The molecule has 0 spiro atoms. The number of sulfonamides is 1. The Balaban J connectivity index is 1.87. The molecule has 1 aliphatic carbocycles.